The molecule has 3 aromatic carbocycles. The highest BCUT2D eigenvalue weighted by Gasteiger charge is 2.27. The lowest BCUT2D eigenvalue weighted by molar-refractivity contribution is -0.115. The second-order valence-corrected chi connectivity index (χ2v) is 7.45. The van der Waals surface area contributed by atoms with Crippen LogP contribution < -0.4 is 10.1 Å². The molecule has 0 bridgehead atoms. The highest BCUT2D eigenvalue weighted by Crippen LogP contribution is 2.36. The number of allylic oxidation sites excluding steroid dienone is 1. The SMILES string of the molecule is C/C(=C1/SC(=O)NC1=O)c1cc(Oc2ccccc2)cc(-c2cccc(F)c2)c1. The molecule has 0 unspecified atom stereocenters. The minimum Gasteiger partial charge on any atom is -0.457 e. The van der Waals surface area contributed by atoms with Crippen LogP contribution >= 0.6 is 11.8 Å². The molecular weight excluding hydrogens is 389 g/mol. The number of nitrogens with one attached hydrogen (secondary N) is 1. The fraction of sp³-hybridized carbons (Fsp3) is 0.0435. The molecule has 6 heteroatoms. The Balaban J connectivity index is 1.83. The van der Waals surface area contributed by atoms with E-state index in [0.717, 1.165) is 17.3 Å². The lowest BCUT2D eigenvalue weighted by Crippen LogP contribution is -2.18. The summed E-state index contributed by atoms with van der Waals surface area (Å²) in [6.07, 6.45) is 0. The van der Waals surface area contributed by atoms with E-state index in [4.69, 9.17) is 4.74 Å². The third kappa shape index (κ3) is 4.22. The zero-order valence-electron chi connectivity index (χ0n) is 15.4. The van der Waals surface area contributed by atoms with Gasteiger partial charge in [0.15, 0.2) is 0 Å². The average Bonchev–Trinajstić information content (AvgIpc) is 3.06. The summed E-state index contributed by atoms with van der Waals surface area (Å²) in [4.78, 5) is 24.0. The van der Waals surface area contributed by atoms with Crippen LogP contribution in [0.25, 0.3) is 16.7 Å². The Morgan fingerprint density at radius 1 is 0.897 bits per heavy atom. The molecule has 3 aromatic rings. The molecule has 1 aliphatic heterocycles. The van der Waals surface area contributed by atoms with Crippen molar-refractivity contribution in [2.24, 2.45) is 0 Å². The van der Waals surface area contributed by atoms with Crippen LogP contribution in [0.15, 0.2) is 77.7 Å². The molecule has 4 nitrogen and oxygen atoms in total. The minimum atomic E-state index is -0.417. The van der Waals surface area contributed by atoms with Gasteiger partial charge in [-0.2, -0.15) is 0 Å². The van der Waals surface area contributed by atoms with Gasteiger partial charge in [0.2, 0.25) is 0 Å². The molecule has 144 valence electrons. The summed E-state index contributed by atoms with van der Waals surface area (Å²) >= 11 is 0.870. The van der Waals surface area contributed by atoms with Gasteiger partial charge >= 0.3 is 0 Å². The lowest BCUT2D eigenvalue weighted by Gasteiger charge is -2.13. The molecule has 0 aromatic heterocycles. The van der Waals surface area contributed by atoms with Crippen molar-refractivity contribution >= 4 is 28.5 Å². The van der Waals surface area contributed by atoms with Crippen LogP contribution in [-0.2, 0) is 4.79 Å². The maximum atomic E-state index is 13.8. The maximum Gasteiger partial charge on any atom is 0.290 e. The summed E-state index contributed by atoms with van der Waals surface area (Å²) in [5.41, 5.74) is 2.78. The number of benzene rings is 3. The largest absolute Gasteiger partial charge is 0.457 e. The van der Waals surface area contributed by atoms with Crippen LogP contribution in [0.3, 0.4) is 0 Å². The second kappa shape index (κ2) is 7.93. The van der Waals surface area contributed by atoms with Gasteiger partial charge in [-0.25, -0.2) is 4.39 Å². The van der Waals surface area contributed by atoms with Crippen LogP contribution in [0.1, 0.15) is 12.5 Å². The number of imide groups is 1. The van der Waals surface area contributed by atoms with E-state index < -0.39 is 11.1 Å². The summed E-state index contributed by atoms with van der Waals surface area (Å²) in [6, 6.07) is 21.0. The van der Waals surface area contributed by atoms with Crippen LogP contribution in [-0.4, -0.2) is 11.1 Å². The van der Waals surface area contributed by atoms with Crippen LogP contribution in [0.4, 0.5) is 9.18 Å². The molecular formula is C23H16FNO3S. The number of hydrogen-bond acceptors (Lipinski definition) is 4. The summed E-state index contributed by atoms with van der Waals surface area (Å²) in [5.74, 6) is 0.440. The molecule has 0 aliphatic carbocycles. The van der Waals surface area contributed by atoms with E-state index in [1.807, 2.05) is 42.5 Å². The molecule has 0 radical (unpaired) electrons. The van der Waals surface area contributed by atoms with Gasteiger partial charge in [0.05, 0.1) is 4.91 Å². The van der Waals surface area contributed by atoms with E-state index in [-0.39, 0.29) is 5.82 Å². The van der Waals surface area contributed by atoms with Crippen molar-refractivity contribution in [2.45, 2.75) is 6.92 Å². The van der Waals surface area contributed by atoms with Crippen molar-refractivity contribution in [3.8, 4) is 22.6 Å². The third-order valence-corrected chi connectivity index (χ3v) is 5.42. The first-order valence-electron chi connectivity index (χ1n) is 8.88. The van der Waals surface area contributed by atoms with Gasteiger partial charge in [-0.15, -0.1) is 0 Å². The minimum absolute atomic E-state index is 0.343. The monoisotopic (exact) mass is 405 g/mol. The third-order valence-electron chi connectivity index (χ3n) is 4.43. The number of carbonyl (C=O) groups excluding carboxylic acids is 2. The smallest absolute Gasteiger partial charge is 0.290 e. The van der Waals surface area contributed by atoms with Gasteiger partial charge in [-0.05, 0) is 83.4 Å². The highest BCUT2D eigenvalue weighted by atomic mass is 32.2. The normalized spacial score (nSPS) is 15.2. The van der Waals surface area contributed by atoms with Crippen molar-refractivity contribution in [1.82, 2.24) is 5.32 Å². The summed E-state index contributed by atoms with van der Waals surface area (Å²) < 4.78 is 19.7. The van der Waals surface area contributed by atoms with Crippen molar-refractivity contribution in [2.75, 3.05) is 0 Å². The Bertz CT molecular complexity index is 1140. The molecule has 0 saturated carbocycles. The van der Waals surface area contributed by atoms with Gasteiger partial charge in [0, 0.05) is 0 Å². The lowest BCUT2D eigenvalue weighted by atomic mass is 9.98. The summed E-state index contributed by atoms with van der Waals surface area (Å²) in [7, 11) is 0. The second-order valence-electron chi connectivity index (χ2n) is 6.47. The van der Waals surface area contributed by atoms with Crippen molar-refractivity contribution in [3.05, 3.63) is 89.1 Å². The van der Waals surface area contributed by atoms with Crippen molar-refractivity contribution < 1.29 is 18.7 Å². The maximum absolute atomic E-state index is 13.8. The Morgan fingerprint density at radius 3 is 2.38 bits per heavy atom. The van der Waals surface area contributed by atoms with Gasteiger partial charge in [0.25, 0.3) is 11.1 Å². The number of amides is 2. The van der Waals surface area contributed by atoms with Crippen LogP contribution in [0, 0.1) is 5.82 Å². The van der Waals surface area contributed by atoms with Crippen LogP contribution in [0.2, 0.25) is 0 Å². The van der Waals surface area contributed by atoms with E-state index in [1.165, 1.54) is 12.1 Å². The quantitative estimate of drug-likeness (QED) is 0.541. The first-order valence-corrected chi connectivity index (χ1v) is 9.69. The van der Waals surface area contributed by atoms with E-state index in [9.17, 15) is 14.0 Å². The molecule has 1 saturated heterocycles. The fourth-order valence-electron chi connectivity index (χ4n) is 3.03. The van der Waals surface area contributed by atoms with Crippen LogP contribution in [0.5, 0.6) is 11.5 Å². The zero-order chi connectivity index (χ0) is 20.4. The number of hydrogen-bond donors (Lipinski definition) is 1. The zero-order valence-corrected chi connectivity index (χ0v) is 16.3. The number of halogens is 1. The average molecular weight is 405 g/mol. The van der Waals surface area contributed by atoms with Gasteiger partial charge in [-0.1, -0.05) is 30.3 Å². The first-order chi connectivity index (χ1) is 14.0. The Morgan fingerprint density at radius 2 is 1.69 bits per heavy atom. The van der Waals surface area contributed by atoms with E-state index in [1.54, 1.807) is 25.1 Å². The molecule has 1 heterocycles. The molecule has 29 heavy (non-hydrogen) atoms. The first kappa shape index (κ1) is 19.0. The Hall–Kier alpha value is -3.38. The predicted molar refractivity (Wildman–Crippen MR) is 112 cm³/mol. The predicted octanol–water partition coefficient (Wildman–Crippen LogP) is 6.00. The number of para-hydroxylation sites is 1. The molecule has 0 spiro atoms. The standard InChI is InChI=1S/C23H16FNO3S/c1-14(21-22(26)25-23(27)29-21)16-10-17(15-6-5-7-18(24)11-15)13-20(12-16)28-19-8-3-2-4-9-19/h2-13H,1H3,(H,25,26,27)/b21-14-. The number of rotatable bonds is 4. The van der Waals surface area contributed by atoms with Gasteiger partial charge in [0.1, 0.15) is 17.3 Å². The van der Waals surface area contributed by atoms with Crippen molar-refractivity contribution in [1.29, 1.82) is 0 Å². The highest BCUT2D eigenvalue weighted by molar-refractivity contribution is 8.18. The Kier molecular flexibility index (Phi) is 5.18. The van der Waals surface area contributed by atoms with E-state index >= 15 is 0 Å². The van der Waals surface area contributed by atoms with Gasteiger partial charge < -0.3 is 4.74 Å². The summed E-state index contributed by atoms with van der Waals surface area (Å²) in [6.45, 7) is 1.78. The fourth-order valence-corrected chi connectivity index (χ4v) is 3.77. The Labute approximate surface area is 171 Å². The molecule has 0 atom stereocenters. The molecule has 1 N–H and O–H groups in total. The summed E-state index contributed by atoms with van der Waals surface area (Å²) in [5, 5.41) is 1.88. The molecule has 2 amide bonds. The number of thioether (sulfide) groups is 1. The molecule has 1 fully saturated rings. The van der Waals surface area contributed by atoms with Crippen molar-refractivity contribution in [3.63, 3.8) is 0 Å². The van der Waals surface area contributed by atoms with Gasteiger partial charge in [-0.3, -0.25) is 14.9 Å². The molecule has 4 rings (SSSR count). The molecule has 1 aliphatic rings. The van der Waals surface area contributed by atoms with E-state index in [2.05, 4.69) is 5.32 Å². The number of ether oxygens (including phenoxy) is 1. The number of carbonyl (C=O) groups is 2. The van der Waals surface area contributed by atoms with E-state index in [0.29, 0.717) is 33.1 Å². The topological polar surface area (TPSA) is 55.4 Å².